The fourth-order valence-corrected chi connectivity index (χ4v) is 1.94. The van der Waals surface area contributed by atoms with Gasteiger partial charge in [-0.05, 0) is 13.3 Å². The Labute approximate surface area is 101 Å². The topological polar surface area (TPSA) is 46.5 Å². The number of ketones is 1. The molecule has 0 unspecified atom stereocenters. The van der Waals surface area contributed by atoms with E-state index >= 15 is 0 Å². The molecular weight excluding hydrogens is 216 g/mol. The molecule has 1 N–H and O–H groups in total. The van der Waals surface area contributed by atoms with Crippen molar-refractivity contribution in [3.05, 3.63) is 42.0 Å². The molecule has 0 amide bonds. The van der Waals surface area contributed by atoms with Crippen LogP contribution < -0.4 is 0 Å². The minimum absolute atomic E-state index is 0.175. The van der Waals surface area contributed by atoms with Crippen molar-refractivity contribution < 1.29 is 14.6 Å². The van der Waals surface area contributed by atoms with Crippen LogP contribution in [-0.4, -0.2) is 22.6 Å². The van der Waals surface area contributed by atoms with Gasteiger partial charge in [-0.1, -0.05) is 37.3 Å². The number of benzene rings is 1. The Balaban J connectivity index is 2.27. The minimum Gasteiger partial charge on any atom is -0.476 e. The van der Waals surface area contributed by atoms with Gasteiger partial charge in [-0.25, -0.2) is 0 Å². The van der Waals surface area contributed by atoms with E-state index in [0.717, 1.165) is 5.56 Å². The first-order valence-electron chi connectivity index (χ1n) is 5.76. The fourth-order valence-electron chi connectivity index (χ4n) is 1.94. The minimum atomic E-state index is -1.14. The van der Waals surface area contributed by atoms with Gasteiger partial charge in [0.2, 0.25) is 5.78 Å². The average Bonchev–Trinajstić information content (AvgIpc) is 2.67. The van der Waals surface area contributed by atoms with Gasteiger partial charge in [0.25, 0.3) is 0 Å². The molecule has 0 aromatic heterocycles. The summed E-state index contributed by atoms with van der Waals surface area (Å²) in [4.78, 5) is 11.9. The SMILES string of the molecule is CC[C@H](O)[C@@]1(C)OC(c2ccccc2)=CC1=O. The quantitative estimate of drug-likeness (QED) is 0.868. The molecule has 1 aliphatic rings. The number of aliphatic hydroxyl groups is 1. The fraction of sp³-hybridized carbons (Fsp3) is 0.357. The average molecular weight is 232 g/mol. The Morgan fingerprint density at radius 2 is 2.00 bits per heavy atom. The van der Waals surface area contributed by atoms with Crippen LogP contribution in [-0.2, 0) is 9.53 Å². The van der Waals surface area contributed by atoms with Crippen LogP contribution in [0.4, 0.5) is 0 Å². The molecule has 0 aliphatic carbocycles. The van der Waals surface area contributed by atoms with Gasteiger partial charge in [0.1, 0.15) is 11.9 Å². The van der Waals surface area contributed by atoms with Crippen LogP contribution in [0.1, 0.15) is 25.8 Å². The van der Waals surface area contributed by atoms with Crippen LogP contribution in [0.3, 0.4) is 0 Å². The highest BCUT2D eigenvalue weighted by atomic mass is 16.5. The van der Waals surface area contributed by atoms with Crippen molar-refractivity contribution in [2.24, 2.45) is 0 Å². The van der Waals surface area contributed by atoms with Crippen LogP contribution in [0.2, 0.25) is 0 Å². The lowest BCUT2D eigenvalue weighted by atomic mass is 9.93. The van der Waals surface area contributed by atoms with Crippen molar-refractivity contribution >= 4 is 11.5 Å². The summed E-state index contributed by atoms with van der Waals surface area (Å²) in [7, 11) is 0. The van der Waals surface area contributed by atoms with Crippen LogP contribution >= 0.6 is 0 Å². The van der Waals surface area contributed by atoms with E-state index in [4.69, 9.17) is 4.74 Å². The monoisotopic (exact) mass is 232 g/mol. The predicted octanol–water partition coefficient (Wildman–Crippen LogP) is 2.16. The standard InChI is InChI=1S/C14H16O3/c1-3-12(15)14(2)13(16)9-11(17-14)10-7-5-4-6-8-10/h4-9,12,15H,3H2,1-2H3/t12-,14+/m0/s1. The number of aliphatic hydroxyl groups excluding tert-OH is 1. The van der Waals surface area contributed by atoms with Gasteiger partial charge in [0, 0.05) is 11.6 Å². The summed E-state index contributed by atoms with van der Waals surface area (Å²) in [5, 5.41) is 9.87. The molecule has 0 saturated carbocycles. The lowest BCUT2D eigenvalue weighted by Gasteiger charge is -2.28. The normalized spacial score (nSPS) is 25.4. The highest BCUT2D eigenvalue weighted by Crippen LogP contribution is 2.34. The highest BCUT2D eigenvalue weighted by Gasteiger charge is 2.45. The zero-order chi connectivity index (χ0) is 12.5. The van der Waals surface area contributed by atoms with E-state index in [1.165, 1.54) is 6.08 Å². The van der Waals surface area contributed by atoms with Crippen LogP contribution in [0.5, 0.6) is 0 Å². The largest absolute Gasteiger partial charge is 0.476 e. The molecule has 2 rings (SSSR count). The van der Waals surface area contributed by atoms with Gasteiger partial charge < -0.3 is 9.84 Å². The molecule has 1 aromatic carbocycles. The van der Waals surface area contributed by atoms with Crippen molar-refractivity contribution in [2.45, 2.75) is 32.0 Å². The molecule has 0 fully saturated rings. The summed E-state index contributed by atoms with van der Waals surface area (Å²) < 4.78 is 5.66. The third kappa shape index (κ3) is 1.98. The molecule has 0 saturated heterocycles. The number of carbonyl (C=O) groups excluding carboxylic acids is 1. The summed E-state index contributed by atoms with van der Waals surface area (Å²) >= 11 is 0. The van der Waals surface area contributed by atoms with Gasteiger partial charge >= 0.3 is 0 Å². The molecule has 0 bridgehead atoms. The molecule has 2 atom stereocenters. The molecular formula is C14H16O3. The zero-order valence-electron chi connectivity index (χ0n) is 10.0. The molecule has 0 spiro atoms. The molecule has 90 valence electrons. The van der Waals surface area contributed by atoms with Crippen molar-refractivity contribution in [1.82, 2.24) is 0 Å². The Kier molecular flexibility index (Phi) is 3.03. The van der Waals surface area contributed by atoms with Crippen LogP contribution in [0, 0.1) is 0 Å². The molecule has 17 heavy (non-hydrogen) atoms. The van der Waals surface area contributed by atoms with E-state index in [2.05, 4.69) is 0 Å². The lowest BCUT2D eigenvalue weighted by molar-refractivity contribution is -0.137. The maximum Gasteiger partial charge on any atom is 0.205 e. The van der Waals surface area contributed by atoms with Gasteiger partial charge in [-0.15, -0.1) is 0 Å². The second-order valence-electron chi connectivity index (χ2n) is 4.37. The third-order valence-electron chi connectivity index (χ3n) is 3.15. The Bertz CT molecular complexity index is 450. The van der Waals surface area contributed by atoms with E-state index in [-0.39, 0.29) is 5.78 Å². The first-order valence-corrected chi connectivity index (χ1v) is 5.76. The van der Waals surface area contributed by atoms with Crippen LogP contribution in [0.25, 0.3) is 5.76 Å². The number of carbonyl (C=O) groups is 1. The highest BCUT2D eigenvalue weighted by molar-refractivity contribution is 6.05. The number of rotatable bonds is 3. The van der Waals surface area contributed by atoms with Crippen molar-refractivity contribution in [1.29, 1.82) is 0 Å². The van der Waals surface area contributed by atoms with E-state index in [1.54, 1.807) is 6.92 Å². The smallest absolute Gasteiger partial charge is 0.205 e. The molecule has 1 aliphatic heterocycles. The summed E-state index contributed by atoms with van der Waals surface area (Å²) in [5.41, 5.74) is -0.284. The molecule has 3 heteroatoms. The van der Waals surface area contributed by atoms with Crippen molar-refractivity contribution in [3.63, 3.8) is 0 Å². The first kappa shape index (κ1) is 11.9. The maximum absolute atomic E-state index is 11.9. The van der Waals surface area contributed by atoms with Gasteiger partial charge in [-0.3, -0.25) is 4.79 Å². The predicted molar refractivity (Wildman–Crippen MR) is 65.2 cm³/mol. The van der Waals surface area contributed by atoms with Gasteiger partial charge in [0.05, 0.1) is 0 Å². The molecule has 0 radical (unpaired) electrons. The Hall–Kier alpha value is -1.61. The van der Waals surface area contributed by atoms with Gasteiger partial charge in [-0.2, -0.15) is 0 Å². The number of hydrogen-bond donors (Lipinski definition) is 1. The number of ether oxygens (including phenoxy) is 1. The molecule has 1 heterocycles. The second-order valence-corrected chi connectivity index (χ2v) is 4.37. The van der Waals surface area contributed by atoms with Crippen molar-refractivity contribution in [3.8, 4) is 0 Å². The van der Waals surface area contributed by atoms with E-state index in [9.17, 15) is 9.90 Å². The summed E-state index contributed by atoms with van der Waals surface area (Å²) in [6.07, 6.45) is 1.17. The van der Waals surface area contributed by atoms with Gasteiger partial charge in [0.15, 0.2) is 5.60 Å². The second kappa shape index (κ2) is 4.34. The summed E-state index contributed by atoms with van der Waals surface area (Å²) in [6, 6.07) is 9.43. The van der Waals surface area contributed by atoms with E-state index in [1.807, 2.05) is 37.3 Å². The third-order valence-corrected chi connectivity index (χ3v) is 3.15. The summed E-state index contributed by atoms with van der Waals surface area (Å²) in [6.45, 7) is 3.46. The number of hydrogen-bond acceptors (Lipinski definition) is 3. The summed E-state index contributed by atoms with van der Waals surface area (Å²) in [5.74, 6) is 0.358. The van der Waals surface area contributed by atoms with E-state index < -0.39 is 11.7 Å². The first-order chi connectivity index (χ1) is 8.08. The Morgan fingerprint density at radius 1 is 1.35 bits per heavy atom. The van der Waals surface area contributed by atoms with Crippen molar-refractivity contribution in [2.75, 3.05) is 0 Å². The Morgan fingerprint density at radius 3 is 2.59 bits per heavy atom. The maximum atomic E-state index is 11.9. The zero-order valence-corrected chi connectivity index (χ0v) is 10.0. The van der Waals surface area contributed by atoms with Crippen LogP contribution in [0.15, 0.2) is 36.4 Å². The van der Waals surface area contributed by atoms with E-state index in [0.29, 0.717) is 12.2 Å². The lowest BCUT2D eigenvalue weighted by Crippen LogP contribution is -2.44. The molecule has 3 nitrogen and oxygen atoms in total. The molecule has 1 aromatic rings.